The van der Waals surface area contributed by atoms with Gasteiger partial charge in [0.15, 0.2) is 0 Å². The summed E-state index contributed by atoms with van der Waals surface area (Å²) in [7, 11) is 0. The summed E-state index contributed by atoms with van der Waals surface area (Å²) in [5.74, 6) is 0. The smallest absolute Gasteiger partial charge is 0.0618 e. The van der Waals surface area contributed by atoms with Gasteiger partial charge in [-0.1, -0.05) is 109 Å². The standard InChI is InChI=1S/C46H34N2/c1-3-17-39(18-4-1)47(43-24-23-35-29-33-13-7-8-14-34(33)30-38(35)32-43)41-25-27-42(28-26-41)48(40-19-5-2-6-20-40)46-44-21-11-9-15-36(44)31-37-16-10-12-22-45(37)46/h1,3-5,7-32H,2,6H2. The van der Waals surface area contributed by atoms with Gasteiger partial charge in [0.05, 0.1) is 5.69 Å². The molecule has 9 rings (SSSR count). The highest BCUT2D eigenvalue weighted by molar-refractivity contribution is 6.13. The van der Waals surface area contributed by atoms with E-state index >= 15 is 0 Å². The number of hydrogen-bond acceptors (Lipinski definition) is 2. The lowest BCUT2D eigenvalue weighted by Crippen LogP contribution is -2.17. The molecule has 0 heterocycles. The maximum Gasteiger partial charge on any atom is 0.0618 e. The Bertz CT molecular complexity index is 2450. The fourth-order valence-electron chi connectivity index (χ4n) is 7.24. The molecule has 0 radical (unpaired) electrons. The highest BCUT2D eigenvalue weighted by atomic mass is 15.2. The Kier molecular flexibility index (Phi) is 6.98. The van der Waals surface area contributed by atoms with Crippen LogP contribution in [-0.2, 0) is 0 Å². The third kappa shape index (κ3) is 4.99. The van der Waals surface area contributed by atoms with Crippen molar-refractivity contribution in [3.05, 3.63) is 188 Å². The SMILES string of the molecule is C1=CC(N(c2ccc(N(c3ccccc3)c3ccc4cc5ccccc5cc4c3)cc2)c2c3ccccc3cc3ccccc23)=CCC1. The Morgan fingerprint density at radius 2 is 0.854 bits per heavy atom. The van der Waals surface area contributed by atoms with E-state index in [1.54, 1.807) is 0 Å². The molecule has 0 spiro atoms. The van der Waals surface area contributed by atoms with Crippen LogP contribution in [0.4, 0.5) is 28.4 Å². The molecule has 0 bridgehead atoms. The van der Waals surface area contributed by atoms with Gasteiger partial charge in [0.25, 0.3) is 0 Å². The van der Waals surface area contributed by atoms with Gasteiger partial charge in [0, 0.05) is 39.2 Å². The van der Waals surface area contributed by atoms with Crippen LogP contribution >= 0.6 is 0 Å². The van der Waals surface area contributed by atoms with E-state index < -0.39 is 0 Å². The van der Waals surface area contributed by atoms with Crippen molar-refractivity contribution >= 4 is 71.5 Å². The lowest BCUT2D eigenvalue weighted by molar-refractivity contribution is 0.999. The number of rotatable bonds is 6. The zero-order valence-electron chi connectivity index (χ0n) is 26.6. The molecule has 228 valence electrons. The van der Waals surface area contributed by atoms with Crippen LogP contribution in [0.1, 0.15) is 12.8 Å². The van der Waals surface area contributed by atoms with E-state index in [0.717, 1.165) is 35.6 Å². The lowest BCUT2D eigenvalue weighted by atomic mass is 9.98. The molecule has 2 nitrogen and oxygen atoms in total. The van der Waals surface area contributed by atoms with Gasteiger partial charge < -0.3 is 9.80 Å². The molecule has 0 aliphatic heterocycles. The van der Waals surface area contributed by atoms with Crippen LogP contribution < -0.4 is 9.80 Å². The average Bonchev–Trinajstić information content (AvgIpc) is 3.15. The molecule has 0 N–H and O–H groups in total. The highest BCUT2D eigenvalue weighted by Gasteiger charge is 2.21. The van der Waals surface area contributed by atoms with Gasteiger partial charge >= 0.3 is 0 Å². The summed E-state index contributed by atoms with van der Waals surface area (Å²) in [4.78, 5) is 4.81. The third-order valence-corrected chi connectivity index (χ3v) is 9.53. The van der Waals surface area contributed by atoms with Crippen LogP contribution in [0.2, 0.25) is 0 Å². The van der Waals surface area contributed by atoms with Crippen molar-refractivity contribution in [3.63, 3.8) is 0 Å². The monoisotopic (exact) mass is 614 g/mol. The fourth-order valence-corrected chi connectivity index (χ4v) is 7.24. The minimum atomic E-state index is 1.03. The number of benzene rings is 8. The number of allylic oxidation sites excluding steroid dienone is 3. The Labute approximate surface area is 281 Å². The Morgan fingerprint density at radius 3 is 1.50 bits per heavy atom. The maximum atomic E-state index is 2.46. The number of hydrogen-bond donors (Lipinski definition) is 0. The van der Waals surface area contributed by atoms with Crippen LogP contribution in [-0.4, -0.2) is 0 Å². The lowest BCUT2D eigenvalue weighted by Gasteiger charge is -2.31. The van der Waals surface area contributed by atoms with E-state index in [1.165, 1.54) is 54.5 Å². The molecule has 2 heteroatoms. The van der Waals surface area contributed by atoms with E-state index in [4.69, 9.17) is 0 Å². The number of para-hydroxylation sites is 1. The summed E-state index contributed by atoms with van der Waals surface area (Å²) in [6.07, 6.45) is 9.05. The molecular weight excluding hydrogens is 581 g/mol. The second-order valence-corrected chi connectivity index (χ2v) is 12.5. The van der Waals surface area contributed by atoms with Crippen molar-refractivity contribution in [3.8, 4) is 0 Å². The van der Waals surface area contributed by atoms with E-state index in [0.29, 0.717) is 0 Å². The average molecular weight is 615 g/mol. The van der Waals surface area contributed by atoms with Gasteiger partial charge in [0.2, 0.25) is 0 Å². The van der Waals surface area contributed by atoms with Crippen molar-refractivity contribution in [2.24, 2.45) is 0 Å². The predicted octanol–water partition coefficient (Wildman–Crippen LogP) is 13.1. The van der Waals surface area contributed by atoms with Crippen molar-refractivity contribution in [2.75, 3.05) is 9.80 Å². The molecule has 0 saturated carbocycles. The summed E-state index contributed by atoms with van der Waals surface area (Å²) >= 11 is 0. The second-order valence-electron chi connectivity index (χ2n) is 12.5. The van der Waals surface area contributed by atoms with E-state index in [2.05, 4.69) is 192 Å². The van der Waals surface area contributed by atoms with Gasteiger partial charge in [-0.25, -0.2) is 0 Å². The molecule has 48 heavy (non-hydrogen) atoms. The summed E-state index contributed by atoms with van der Waals surface area (Å²) in [5.41, 5.74) is 6.93. The van der Waals surface area contributed by atoms with Crippen LogP contribution in [0, 0.1) is 0 Å². The molecular formula is C46H34N2. The number of nitrogens with zero attached hydrogens (tertiary/aromatic N) is 2. The second kappa shape index (κ2) is 11.9. The number of anilines is 5. The van der Waals surface area contributed by atoms with Gasteiger partial charge in [-0.3, -0.25) is 0 Å². The molecule has 0 atom stereocenters. The Morgan fingerprint density at radius 1 is 0.354 bits per heavy atom. The molecule has 0 amide bonds. The first-order valence-electron chi connectivity index (χ1n) is 16.8. The Balaban J connectivity index is 1.20. The molecule has 0 saturated heterocycles. The zero-order valence-corrected chi connectivity index (χ0v) is 26.6. The van der Waals surface area contributed by atoms with Gasteiger partial charge in [-0.05, 0) is 118 Å². The van der Waals surface area contributed by atoms with Crippen molar-refractivity contribution < 1.29 is 0 Å². The first-order valence-corrected chi connectivity index (χ1v) is 16.8. The van der Waals surface area contributed by atoms with Crippen molar-refractivity contribution in [1.29, 1.82) is 0 Å². The molecule has 0 unspecified atom stereocenters. The first-order chi connectivity index (χ1) is 23.8. The highest BCUT2D eigenvalue weighted by Crippen LogP contribution is 2.44. The zero-order chi connectivity index (χ0) is 31.9. The summed E-state index contributed by atoms with van der Waals surface area (Å²) in [6.45, 7) is 0. The molecule has 0 aromatic heterocycles. The van der Waals surface area contributed by atoms with Crippen LogP contribution in [0.5, 0.6) is 0 Å². The van der Waals surface area contributed by atoms with E-state index in [9.17, 15) is 0 Å². The normalized spacial score (nSPS) is 12.9. The third-order valence-electron chi connectivity index (χ3n) is 9.53. The quantitative estimate of drug-likeness (QED) is 0.172. The van der Waals surface area contributed by atoms with Crippen LogP contribution in [0.3, 0.4) is 0 Å². The molecule has 1 aliphatic carbocycles. The largest absolute Gasteiger partial charge is 0.310 e. The van der Waals surface area contributed by atoms with E-state index in [-0.39, 0.29) is 0 Å². The molecule has 8 aromatic rings. The van der Waals surface area contributed by atoms with Gasteiger partial charge in [0.1, 0.15) is 0 Å². The van der Waals surface area contributed by atoms with E-state index in [1.807, 2.05) is 0 Å². The summed E-state index contributed by atoms with van der Waals surface area (Å²) in [5, 5.41) is 9.97. The first kappa shape index (κ1) is 28.1. The minimum absolute atomic E-state index is 1.03. The predicted molar refractivity (Wildman–Crippen MR) is 206 cm³/mol. The molecule has 8 aromatic carbocycles. The summed E-state index contributed by atoms with van der Waals surface area (Å²) in [6, 6.07) is 59.6. The van der Waals surface area contributed by atoms with Crippen molar-refractivity contribution in [1.82, 2.24) is 0 Å². The molecule has 1 aliphatic rings. The minimum Gasteiger partial charge on any atom is -0.310 e. The fraction of sp³-hybridized carbons (Fsp3) is 0.0435. The van der Waals surface area contributed by atoms with Crippen molar-refractivity contribution in [2.45, 2.75) is 12.8 Å². The Hall–Kier alpha value is -6.12. The number of fused-ring (bicyclic) bond motifs is 4. The topological polar surface area (TPSA) is 6.48 Å². The maximum absolute atomic E-state index is 2.46. The molecule has 0 fully saturated rings. The van der Waals surface area contributed by atoms with Crippen LogP contribution in [0.15, 0.2) is 188 Å². The van der Waals surface area contributed by atoms with Crippen LogP contribution in [0.25, 0.3) is 43.1 Å². The summed E-state index contributed by atoms with van der Waals surface area (Å²) < 4.78 is 0. The van der Waals surface area contributed by atoms with Gasteiger partial charge in [-0.15, -0.1) is 0 Å². The van der Waals surface area contributed by atoms with Gasteiger partial charge in [-0.2, -0.15) is 0 Å².